The molecule has 226 valence electrons. The van der Waals surface area contributed by atoms with Crippen LogP contribution in [0, 0.1) is 6.07 Å². The van der Waals surface area contributed by atoms with Crippen LogP contribution in [0.4, 0.5) is 29.0 Å². The van der Waals surface area contributed by atoms with Crippen LogP contribution in [0.2, 0.25) is 0 Å². The number of azo groups is 1. The van der Waals surface area contributed by atoms with Crippen LogP contribution in [0.5, 0.6) is 11.5 Å². The molecule has 46 heavy (non-hydrogen) atoms. The van der Waals surface area contributed by atoms with Gasteiger partial charge in [0.15, 0.2) is 5.75 Å². The van der Waals surface area contributed by atoms with Gasteiger partial charge in [0.05, 0.1) is 34.6 Å². The number of rotatable bonds is 12. The van der Waals surface area contributed by atoms with Crippen LogP contribution in [-0.2, 0) is 24.3 Å². The number of phenols is 1. The van der Waals surface area contributed by atoms with Crippen LogP contribution in [0.3, 0.4) is 0 Å². The smallest absolute Gasteiger partial charge is 0.744 e. The molecular formula is C23H18Li3N7O11S2. The number of aromatic nitrogens is 3. The fourth-order valence-electron chi connectivity index (χ4n) is 3.57. The van der Waals surface area contributed by atoms with Gasteiger partial charge in [0.1, 0.15) is 21.8 Å². The van der Waals surface area contributed by atoms with E-state index in [9.17, 15) is 32.9 Å². The molecule has 0 saturated heterocycles. The van der Waals surface area contributed by atoms with Crippen molar-refractivity contribution >= 4 is 67.9 Å². The number of carbonyl (C=O) groups is 1. The number of carboxylic acid groups (broad SMARTS) is 1. The van der Waals surface area contributed by atoms with Gasteiger partial charge in [-0.3, -0.25) is 14.8 Å². The molecule has 0 fully saturated rings. The number of benzene rings is 3. The van der Waals surface area contributed by atoms with Gasteiger partial charge < -0.3 is 35.4 Å². The fraction of sp³-hybridized carbons (Fsp3) is 0.130. The third-order valence-corrected chi connectivity index (χ3v) is 6.89. The van der Waals surface area contributed by atoms with Gasteiger partial charge in [-0.1, -0.05) is 0 Å². The van der Waals surface area contributed by atoms with E-state index in [4.69, 9.17) is 9.84 Å². The van der Waals surface area contributed by atoms with Crippen molar-refractivity contribution in [3.8, 4) is 11.5 Å². The first-order valence-corrected chi connectivity index (χ1v) is 13.7. The van der Waals surface area contributed by atoms with Gasteiger partial charge in [0, 0.05) is 16.8 Å². The maximum atomic E-state index is 12.2. The van der Waals surface area contributed by atoms with E-state index in [0.29, 0.717) is 17.8 Å². The normalized spacial score (nSPS) is 11.6. The van der Waals surface area contributed by atoms with E-state index in [1.165, 1.54) is 26.2 Å². The van der Waals surface area contributed by atoms with Crippen LogP contribution < -0.4 is 82.9 Å². The number of nitrogens with one attached hydrogen (secondary N) is 3. The first kappa shape index (κ1) is 41.0. The molecule has 4 rings (SSSR count). The zero-order chi connectivity index (χ0) is 31.3. The number of aliphatic carboxylic acids is 1. The van der Waals surface area contributed by atoms with E-state index in [-0.39, 0.29) is 95.3 Å². The molecule has 0 radical (unpaired) electrons. The summed E-state index contributed by atoms with van der Waals surface area (Å²) < 4.78 is 45.5. The monoisotopic (exact) mass is 653 g/mol. The van der Waals surface area contributed by atoms with E-state index < -0.39 is 44.4 Å². The summed E-state index contributed by atoms with van der Waals surface area (Å²) in [6, 6.07) is 9.15. The molecule has 3 aromatic carbocycles. The molecule has 0 aliphatic carbocycles. The maximum Gasteiger partial charge on any atom is 1.00 e. The predicted octanol–water partition coefficient (Wildman–Crippen LogP) is -6.98. The van der Waals surface area contributed by atoms with Crippen molar-refractivity contribution in [2.45, 2.75) is 22.8 Å². The number of phenolic OH excluding ortho intramolecular Hbond substituents is 1. The number of hydrogen-bond donors (Lipinski definition) is 5. The molecule has 23 heteroatoms. The third kappa shape index (κ3) is 9.96. The Morgan fingerprint density at radius 1 is 1.20 bits per heavy atom. The standard InChI is InChI=1S/C23H20N7O11S2.3Li/c1-10(20(32)33)24-21-26-22(28-23(34)27-21)25-14-9-12(43(36,37)38)7-11-8-16(42-41-40-35)18(19(31)17(11)14)30-29-13-5-3-4-6-15(13)39-2;;;/h4-10,31,35H,1-2H3,(H,32,33)(H,36,37,38)(H3,24,25,26,27,28,34);;;/q-1;3*+1/p-2. The SMILES string of the molecule is COc1cc[c-]cc1N=Nc1c(SOO[O-])cc2cc(S(=O)(=O)[O-])cc(Nc3nc(NC(C)C(=O)O)nc(=O)[nH]3)c2c1O.[Li+].[Li+].[Li+]. The minimum absolute atomic E-state index is 0. The van der Waals surface area contributed by atoms with Crippen molar-refractivity contribution in [3.05, 3.63) is 52.9 Å². The molecule has 5 N–H and O–H groups in total. The quantitative estimate of drug-likeness (QED) is 0.0181. The van der Waals surface area contributed by atoms with Crippen LogP contribution in [0.1, 0.15) is 6.92 Å². The van der Waals surface area contributed by atoms with Crippen LogP contribution in [-0.4, -0.2) is 57.3 Å². The molecule has 1 aromatic heterocycles. The minimum atomic E-state index is -5.08. The number of anilines is 3. The fourth-order valence-corrected chi connectivity index (χ4v) is 4.59. The minimum Gasteiger partial charge on any atom is -0.744 e. The van der Waals surface area contributed by atoms with Gasteiger partial charge in [-0.05, 0) is 30.5 Å². The zero-order valence-corrected chi connectivity index (χ0v) is 26.3. The Hall–Kier alpha value is -3.07. The molecule has 0 amide bonds. The van der Waals surface area contributed by atoms with Crippen molar-refractivity contribution in [1.29, 1.82) is 0 Å². The Labute approximate surface area is 300 Å². The second-order valence-electron chi connectivity index (χ2n) is 8.27. The Bertz CT molecular complexity index is 1900. The van der Waals surface area contributed by atoms with Crippen LogP contribution in [0.25, 0.3) is 10.8 Å². The predicted molar refractivity (Wildman–Crippen MR) is 144 cm³/mol. The van der Waals surface area contributed by atoms with E-state index in [1.54, 1.807) is 12.1 Å². The van der Waals surface area contributed by atoms with Gasteiger partial charge in [0.25, 0.3) is 0 Å². The van der Waals surface area contributed by atoms with Crippen molar-refractivity contribution < 1.29 is 104 Å². The van der Waals surface area contributed by atoms with Gasteiger partial charge in [-0.15, -0.1) is 12.1 Å². The number of aromatic hydroxyl groups is 1. The molecule has 4 aromatic rings. The van der Waals surface area contributed by atoms with E-state index >= 15 is 0 Å². The average molecular weight is 653 g/mol. The van der Waals surface area contributed by atoms with Gasteiger partial charge in [-0.25, -0.2) is 18.3 Å². The summed E-state index contributed by atoms with van der Waals surface area (Å²) in [5, 5.41) is 47.3. The molecule has 1 atom stereocenters. The second-order valence-corrected chi connectivity index (χ2v) is 10.4. The van der Waals surface area contributed by atoms with Gasteiger partial charge >= 0.3 is 68.2 Å². The number of nitrogens with zero attached hydrogens (tertiary/aromatic N) is 4. The maximum absolute atomic E-state index is 12.2. The molecule has 1 heterocycles. The number of hydrogen-bond acceptors (Lipinski definition) is 17. The molecule has 0 spiro atoms. The van der Waals surface area contributed by atoms with Gasteiger partial charge in [0.2, 0.25) is 11.9 Å². The topological polar surface area (TPSA) is 273 Å². The molecule has 0 bridgehead atoms. The molecule has 0 aliphatic heterocycles. The Balaban J connectivity index is 0.00000353. The summed E-state index contributed by atoms with van der Waals surface area (Å²) in [5.41, 5.74) is -1.34. The summed E-state index contributed by atoms with van der Waals surface area (Å²) in [7, 11) is -3.69. The molecular weight excluding hydrogens is 635 g/mol. The number of H-pyrrole nitrogens is 1. The second kappa shape index (κ2) is 17.7. The number of aromatic amines is 1. The summed E-state index contributed by atoms with van der Waals surface area (Å²) in [4.78, 5) is 32.2. The summed E-state index contributed by atoms with van der Waals surface area (Å²) in [6.07, 6.45) is 0. The van der Waals surface area contributed by atoms with E-state index in [2.05, 4.69) is 51.3 Å². The third-order valence-electron chi connectivity index (χ3n) is 5.46. The largest absolute Gasteiger partial charge is 1.00 e. The average Bonchev–Trinajstić information content (AvgIpc) is 2.94. The number of carboxylic acids is 1. The van der Waals surface area contributed by atoms with Gasteiger partial charge in [-0.2, -0.15) is 31.5 Å². The number of fused-ring (bicyclic) bond motifs is 1. The molecule has 1 unspecified atom stereocenters. The van der Waals surface area contributed by atoms with Crippen molar-refractivity contribution in [2.75, 3.05) is 17.7 Å². The van der Waals surface area contributed by atoms with E-state index in [1.807, 2.05) is 0 Å². The van der Waals surface area contributed by atoms with Crippen molar-refractivity contribution in [1.82, 2.24) is 15.0 Å². The molecule has 0 aliphatic rings. The van der Waals surface area contributed by atoms with Crippen LogP contribution >= 0.6 is 12.0 Å². The Morgan fingerprint density at radius 2 is 1.91 bits per heavy atom. The number of methoxy groups -OCH3 is 1. The summed E-state index contributed by atoms with van der Waals surface area (Å²) >= 11 is 0.296. The van der Waals surface area contributed by atoms with E-state index in [0.717, 1.165) is 12.1 Å². The van der Waals surface area contributed by atoms with Crippen LogP contribution in [0.15, 0.2) is 61.2 Å². The number of ether oxygens (including phenoxy) is 1. The van der Waals surface area contributed by atoms with Crippen molar-refractivity contribution in [3.63, 3.8) is 0 Å². The first-order chi connectivity index (χ1) is 20.4. The first-order valence-electron chi connectivity index (χ1n) is 11.5. The molecule has 0 saturated carbocycles. The summed E-state index contributed by atoms with van der Waals surface area (Å²) in [6.45, 7) is 1.27. The molecule has 18 nitrogen and oxygen atoms in total. The Morgan fingerprint density at radius 3 is 2.54 bits per heavy atom. The summed E-state index contributed by atoms with van der Waals surface area (Å²) in [5.74, 6) is -2.40. The van der Waals surface area contributed by atoms with Crippen molar-refractivity contribution in [2.24, 2.45) is 10.2 Å². The Kier molecular flexibility index (Phi) is 15.8. The zero-order valence-electron chi connectivity index (χ0n) is 24.7.